The number of Topliss-reactive ketones (excluding diaryl/α,β-unsaturated/α-hetero) is 1. The molecule has 2 aromatic rings. The van der Waals surface area contributed by atoms with Crippen molar-refractivity contribution in [1.82, 2.24) is 0 Å². The third-order valence-electron chi connectivity index (χ3n) is 6.79. The molecule has 1 fully saturated rings. The monoisotopic (exact) mass is 568 g/mol. The lowest BCUT2D eigenvalue weighted by atomic mass is 9.93. The maximum Gasteiger partial charge on any atom is 0.418 e. The number of ketones is 1. The van der Waals surface area contributed by atoms with E-state index in [-0.39, 0.29) is 40.6 Å². The van der Waals surface area contributed by atoms with Crippen molar-refractivity contribution in [3.8, 4) is 0 Å². The fourth-order valence-electron chi connectivity index (χ4n) is 4.64. The van der Waals surface area contributed by atoms with E-state index in [1.54, 1.807) is 0 Å². The van der Waals surface area contributed by atoms with Crippen LogP contribution in [0.4, 0.5) is 27.6 Å². The third-order valence-corrected chi connectivity index (χ3v) is 6.79. The van der Waals surface area contributed by atoms with Gasteiger partial charge in [0.05, 0.1) is 17.7 Å². The Morgan fingerprint density at radius 3 is 2.49 bits per heavy atom. The molecule has 214 valence electrons. The lowest BCUT2D eigenvalue weighted by molar-refractivity contribution is -0.113. The highest BCUT2D eigenvalue weighted by Gasteiger charge is 2.37. The van der Waals surface area contributed by atoms with Crippen LogP contribution in [-0.4, -0.2) is 24.4 Å². The first kappa shape index (κ1) is 29.7. The summed E-state index contributed by atoms with van der Waals surface area (Å²) in [6.07, 6.45) is 0.438. The molecule has 0 aliphatic carbocycles. The Labute approximate surface area is 235 Å². The Morgan fingerprint density at radius 2 is 1.85 bits per heavy atom. The predicted molar refractivity (Wildman–Crippen MR) is 150 cm³/mol. The van der Waals surface area contributed by atoms with Crippen molar-refractivity contribution < 1.29 is 31.5 Å². The summed E-state index contributed by atoms with van der Waals surface area (Å²) in [7, 11) is 0. The van der Waals surface area contributed by atoms with Gasteiger partial charge in [0.1, 0.15) is 23.2 Å². The van der Waals surface area contributed by atoms with Gasteiger partial charge < -0.3 is 10.1 Å². The second-order valence-corrected chi connectivity index (χ2v) is 9.74. The number of alkyl halides is 3. The Hall–Kier alpha value is -4.27. The molecule has 2 aromatic carbocycles. The second kappa shape index (κ2) is 12.5. The van der Waals surface area contributed by atoms with E-state index in [1.807, 2.05) is 37.3 Å². The molecular weight excluding hydrogens is 539 g/mol. The van der Waals surface area contributed by atoms with E-state index in [4.69, 9.17) is 4.74 Å². The van der Waals surface area contributed by atoms with E-state index in [0.29, 0.717) is 31.4 Å². The summed E-state index contributed by atoms with van der Waals surface area (Å²) >= 11 is 0. The number of allylic oxidation sites excluding steroid dienone is 5. The average Bonchev–Trinajstić information content (AvgIpc) is 3.31. The van der Waals surface area contributed by atoms with Crippen LogP contribution in [-0.2, 0) is 9.53 Å². The van der Waals surface area contributed by atoms with Crippen molar-refractivity contribution in [3.05, 3.63) is 119 Å². The molecule has 4 nitrogen and oxygen atoms in total. The summed E-state index contributed by atoms with van der Waals surface area (Å²) in [6, 6.07) is 11.2. The van der Waals surface area contributed by atoms with Gasteiger partial charge in [-0.1, -0.05) is 56.8 Å². The minimum atomic E-state index is -4.76. The zero-order valence-electron chi connectivity index (χ0n) is 22.5. The molecule has 2 aliphatic rings. The molecular formula is C32H29F5N2O2. The lowest BCUT2D eigenvalue weighted by Gasteiger charge is -2.15. The molecule has 9 heteroatoms. The number of amidine groups is 1. The molecule has 0 amide bonds. The summed E-state index contributed by atoms with van der Waals surface area (Å²) < 4.78 is 77.8. The fourth-order valence-corrected chi connectivity index (χ4v) is 4.64. The van der Waals surface area contributed by atoms with Crippen LogP contribution < -0.4 is 5.32 Å². The van der Waals surface area contributed by atoms with E-state index in [1.165, 1.54) is 12.2 Å². The number of aliphatic imine (C=N–C) groups is 1. The molecule has 41 heavy (non-hydrogen) atoms. The lowest BCUT2D eigenvalue weighted by Crippen LogP contribution is -2.14. The second-order valence-electron chi connectivity index (χ2n) is 9.74. The first-order chi connectivity index (χ1) is 19.5. The number of hydrogen-bond donors (Lipinski definition) is 1. The molecule has 0 aromatic heterocycles. The first-order valence-corrected chi connectivity index (χ1v) is 13.1. The van der Waals surface area contributed by atoms with Crippen molar-refractivity contribution in [2.24, 2.45) is 4.99 Å². The summed E-state index contributed by atoms with van der Waals surface area (Å²) in [6.45, 7) is 9.62. The maximum absolute atomic E-state index is 14.9. The van der Waals surface area contributed by atoms with Crippen LogP contribution >= 0.6 is 0 Å². The molecule has 0 spiro atoms. The van der Waals surface area contributed by atoms with Gasteiger partial charge in [0.25, 0.3) is 0 Å². The highest BCUT2D eigenvalue weighted by molar-refractivity contribution is 6.20. The Bertz CT molecular complexity index is 1460. The summed E-state index contributed by atoms with van der Waals surface area (Å²) in [4.78, 5) is 16.2. The van der Waals surface area contributed by atoms with Crippen LogP contribution in [0.15, 0.2) is 101 Å². The first-order valence-electron chi connectivity index (χ1n) is 13.1. The molecule has 1 unspecified atom stereocenters. The van der Waals surface area contributed by atoms with Crippen LogP contribution in [0.25, 0.3) is 5.57 Å². The highest BCUT2D eigenvalue weighted by Crippen LogP contribution is 2.39. The minimum absolute atomic E-state index is 0.0469. The zero-order chi connectivity index (χ0) is 29.7. The van der Waals surface area contributed by atoms with Gasteiger partial charge >= 0.3 is 6.18 Å². The van der Waals surface area contributed by atoms with Gasteiger partial charge in [0, 0.05) is 35.4 Å². The number of ether oxygens (including phenoxy) is 1. The van der Waals surface area contributed by atoms with Gasteiger partial charge in [0.2, 0.25) is 0 Å². The third kappa shape index (κ3) is 6.90. The number of nitrogens with zero attached hydrogens (tertiary/aromatic N) is 1. The number of benzene rings is 2. The maximum atomic E-state index is 14.9. The summed E-state index contributed by atoms with van der Waals surface area (Å²) in [5.74, 6) is -2.52. The standard InChI is InChI=1S/C32H29F5N2O2/c1-4-5-11-28(40)20(3)30-26(33)16-23(17-27(30)34)39-31-19(2)14-22(25(18-38-31)32(35,36)37)15-29-24(12-13-41-29)21-9-7-6-8-10-21/h6-10,14-18,24H,2-5,11-13H2,1H3,(H,38,39)/b29-15-. The molecule has 1 N–H and O–H groups in total. The number of hydrogen-bond acceptors (Lipinski definition) is 4. The number of halogens is 5. The molecule has 1 saturated heterocycles. The van der Waals surface area contributed by atoms with Crippen LogP contribution in [0.1, 0.15) is 49.7 Å². The van der Waals surface area contributed by atoms with E-state index < -0.39 is 34.7 Å². The number of nitrogens with one attached hydrogen (secondary N) is 1. The van der Waals surface area contributed by atoms with E-state index in [2.05, 4.69) is 23.5 Å². The smallest absolute Gasteiger partial charge is 0.418 e. The molecule has 0 radical (unpaired) electrons. The van der Waals surface area contributed by atoms with Crippen molar-refractivity contribution in [2.45, 2.75) is 44.7 Å². The topological polar surface area (TPSA) is 50.7 Å². The van der Waals surface area contributed by atoms with Gasteiger partial charge in [-0.05, 0) is 48.3 Å². The number of carbonyl (C=O) groups excluding carboxylic acids is 1. The van der Waals surface area contributed by atoms with Gasteiger partial charge in [-0.15, -0.1) is 0 Å². The Kier molecular flexibility index (Phi) is 9.05. The Balaban J connectivity index is 1.63. The largest absolute Gasteiger partial charge is 0.497 e. The quantitative estimate of drug-likeness (QED) is 0.256. The van der Waals surface area contributed by atoms with Gasteiger partial charge in [-0.3, -0.25) is 4.79 Å². The summed E-state index contributed by atoms with van der Waals surface area (Å²) in [5, 5.41) is 2.65. The van der Waals surface area contributed by atoms with Crippen LogP contribution in [0.3, 0.4) is 0 Å². The number of anilines is 1. The van der Waals surface area contributed by atoms with Crippen molar-refractivity contribution in [1.29, 1.82) is 0 Å². The van der Waals surface area contributed by atoms with E-state index in [9.17, 15) is 26.7 Å². The van der Waals surface area contributed by atoms with Crippen LogP contribution in [0, 0.1) is 11.6 Å². The SMILES string of the molecule is C=C1C=C(/C=C2\OCCC2c2ccccc2)C(C(F)(F)F)=CN=C1Nc1cc(F)c(C(=C)C(=O)CCCC)c(F)c1. The van der Waals surface area contributed by atoms with Crippen LogP contribution in [0.2, 0.25) is 0 Å². The molecule has 1 atom stereocenters. The fraction of sp³-hybridized carbons (Fsp3) is 0.250. The zero-order valence-corrected chi connectivity index (χ0v) is 22.5. The normalized spacial score (nSPS) is 18.3. The minimum Gasteiger partial charge on any atom is -0.497 e. The average molecular weight is 569 g/mol. The number of rotatable bonds is 8. The molecule has 0 bridgehead atoms. The van der Waals surface area contributed by atoms with Crippen molar-refractivity contribution in [2.75, 3.05) is 11.9 Å². The summed E-state index contributed by atoms with van der Waals surface area (Å²) in [5.41, 5.74) is -1.23. The van der Waals surface area contributed by atoms with Gasteiger partial charge in [-0.25, -0.2) is 13.8 Å². The van der Waals surface area contributed by atoms with Gasteiger partial charge in [-0.2, -0.15) is 13.2 Å². The highest BCUT2D eigenvalue weighted by atomic mass is 19.4. The van der Waals surface area contributed by atoms with Crippen LogP contribution in [0.5, 0.6) is 0 Å². The molecule has 2 aliphatic heterocycles. The predicted octanol–water partition coefficient (Wildman–Crippen LogP) is 8.58. The van der Waals surface area contributed by atoms with E-state index >= 15 is 0 Å². The number of carbonyl (C=O) groups is 1. The Morgan fingerprint density at radius 1 is 1.17 bits per heavy atom. The molecule has 2 heterocycles. The molecule has 0 saturated carbocycles. The molecule has 4 rings (SSSR count). The van der Waals surface area contributed by atoms with E-state index in [0.717, 1.165) is 24.1 Å². The van der Waals surface area contributed by atoms with Gasteiger partial charge in [0.15, 0.2) is 5.78 Å². The van der Waals surface area contributed by atoms with Crippen molar-refractivity contribution >= 4 is 22.9 Å². The number of unbranched alkanes of at least 4 members (excludes halogenated alkanes) is 1. The van der Waals surface area contributed by atoms with Crippen molar-refractivity contribution in [3.63, 3.8) is 0 Å².